The first-order valence-corrected chi connectivity index (χ1v) is 11.2. The topological polar surface area (TPSA) is 78.0 Å². The molecule has 8 heteroatoms. The van der Waals surface area contributed by atoms with Crippen LogP contribution in [-0.4, -0.2) is 69.2 Å². The van der Waals surface area contributed by atoms with E-state index in [1.165, 1.54) is 5.56 Å². The van der Waals surface area contributed by atoms with Crippen LogP contribution in [0.15, 0.2) is 23.2 Å². The Kier molecular flexibility index (Phi) is 13.6. The summed E-state index contributed by atoms with van der Waals surface area (Å²) in [6.07, 6.45) is 3.88. The number of hydrogen-bond acceptors (Lipinski definition) is 4. The molecule has 1 fully saturated rings. The number of aliphatic imine (C=N–C) groups is 1. The van der Waals surface area contributed by atoms with Gasteiger partial charge in [-0.05, 0) is 56.7 Å². The molecule has 0 bridgehead atoms. The molecule has 0 atom stereocenters. The predicted molar refractivity (Wildman–Crippen MR) is 139 cm³/mol. The Morgan fingerprint density at radius 3 is 2.61 bits per heavy atom. The third-order valence-electron chi connectivity index (χ3n) is 5.35. The Hall–Kier alpha value is -1.55. The Labute approximate surface area is 204 Å². The number of benzene rings is 1. The molecule has 1 heterocycles. The van der Waals surface area contributed by atoms with E-state index >= 15 is 0 Å². The minimum Gasteiger partial charge on any atom is -0.496 e. The second-order valence-corrected chi connectivity index (χ2v) is 7.86. The fourth-order valence-corrected chi connectivity index (χ4v) is 3.59. The van der Waals surface area contributed by atoms with Crippen LogP contribution in [0, 0.1) is 6.92 Å². The zero-order valence-corrected chi connectivity index (χ0v) is 21.8. The van der Waals surface area contributed by atoms with Gasteiger partial charge in [0, 0.05) is 38.8 Å². The van der Waals surface area contributed by atoms with Crippen molar-refractivity contribution in [3.05, 3.63) is 29.3 Å². The van der Waals surface area contributed by atoms with Crippen molar-refractivity contribution in [1.82, 2.24) is 20.9 Å². The molecular weight excluding hydrogens is 505 g/mol. The number of rotatable bonds is 10. The molecule has 1 aliphatic rings. The monoisotopic (exact) mass is 545 g/mol. The minimum atomic E-state index is 0. The number of ether oxygens (including phenoxy) is 1. The van der Waals surface area contributed by atoms with Crippen molar-refractivity contribution in [2.45, 2.75) is 52.5 Å². The van der Waals surface area contributed by atoms with Gasteiger partial charge in [0.25, 0.3) is 0 Å². The number of aryl methyl sites for hydroxylation is 1. The largest absolute Gasteiger partial charge is 0.496 e. The molecule has 1 aromatic carbocycles. The number of carbonyl (C=O) groups excluding carboxylic acids is 1. The normalized spacial score (nSPS) is 15.2. The van der Waals surface area contributed by atoms with E-state index in [0.717, 1.165) is 75.7 Å². The quantitative estimate of drug-likeness (QED) is 0.240. The van der Waals surface area contributed by atoms with Gasteiger partial charge in [0.05, 0.1) is 13.7 Å². The van der Waals surface area contributed by atoms with Crippen molar-refractivity contribution in [2.24, 2.45) is 4.99 Å². The van der Waals surface area contributed by atoms with Crippen LogP contribution in [0.2, 0.25) is 0 Å². The van der Waals surface area contributed by atoms with Crippen molar-refractivity contribution in [1.29, 1.82) is 0 Å². The summed E-state index contributed by atoms with van der Waals surface area (Å²) >= 11 is 0. The molecule has 0 spiro atoms. The molecule has 0 unspecified atom stereocenters. The molecule has 1 saturated heterocycles. The number of hydrogen-bond donors (Lipinski definition) is 3. The van der Waals surface area contributed by atoms with Gasteiger partial charge in [-0.15, -0.1) is 24.0 Å². The van der Waals surface area contributed by atoms with Gasteiger partial charge < -0.3 is 20.7 Å². The lowest BCUT2D eigenvalue weighted by Gasteiger charge is -2.32. The summed E-state index contributed by atoms with van der Waals surface area (Å²) in [5.74, 6) is 1.93. The zero-order chi connectivity index (χ0) is 21.8. The average Bonchev–Trinajstić information content (AvgIpc) is 2.75. The van der Waals surface area contributed by atoms with Crippen molar-refractivity contribution in [3.8, 4) is 5.75 Å². The molecule has 1 amide bonds. The minimum absolute atomic E-state index is 0. The summed E-state index contributed by atoms with van der Waals surface area (Å²) in [4.78, 5) is 18.9. The average molecular weight is 546 g/mol. The molecule has 176 valence electrons. The molecule has 1 aromatic rings. The predicted octanol–water partition coefficient (Wildman–Crippen LogP) is 2.71. The van der Waals surface area contributed by atoms with E-state index in [-0.39, 0.29) is 29.9 Å². The van der Waals surface area contributed by atoms with Gasteiger partial charge in [0.2, 0.25) is 5.91 Å². The van der Waals surface area contributed by atoms with E-state index in [1.807, 2.05) is 0 Å². The van der Waals surface area contributed by atoms with Crippen molar-refractivity contribution < 1.29 is 9.53 Å². The number of amides is 1. The molecule has 7 nitrogen and oxygen atoms in total. The molecule has 3 N–H and O–H groups in total. The number of likely N-dealkylation sites (tertiary alicyclic amines) is 1. The zero-order valence-electron chi connectivity index (χ0n) is 19.5. The van der Waals surface area contributed by atoms with Gasteiger partial charge >= 0.3 is 0 Å². The molecule has 0 aromatic heterocycles. The number of carbonyl (C=O) groups is 1. The SMILES string of the molecule is CCCNC(=O)CN1CCC(NC(=NCCc2ccc(C)c(OC)c2)NCC)CC1.I. The van der Waals surface area contributed by atoms with Gasteiger partial charge in [0.1, 0.15) is 5.75 Å². The lowest BCUT2D eigenvalue weighted by Crippen LogP contribution is -2.50. The van der Waals surface area contributed by atoms with E-state index < -0.39 is 0 Å². The van der Waals surface area contributed by atoms with Crippen LogP contribution in [0.3, 0.4) is 0 Å². The number of nitrogens with zero attached hydrogens (tertiary/aromatic N) is 2. The number of piperidine rings is 1. The number of nitrogens with one attached hydrogen (secondary N) is 3. The first-order chi connectivity index (χ1) is 14.5. The number of guanidine groups is 1. The second-order valence-electron chi connectivity index (χ2n) is 7.86. The maximum absolute atomic E-state index is 11.9. The highest BCUT2D eigenvalue weighted by molar-refractivity contribution is 14.0. The summed E-state index contributed by atoms with van der Waals surface area (Å²) in [5.41, 5.74) is 2.38. The Morgan fingerprint density at radius 2 is 1.97 bits per heavy atom. The van der Waals surface area contributed by atoms with Gasteiger partial charge in [-0.1, -0.05) is 19.1 Å². The van der Waals surface area contributed by atoms with Crippen molar-refractivity contribution >= 4 is 35.8 Å². The maximum Gasteiger partial charge on any atom is 0.234 e. The van der Waals surface area contributed by atoms with Crippen LogP contribution in [-0.2, 0) is 11.2 Å². The molecular formula is C23H40IN5O2. The molecule has 31 heavy (non-hydrogen) atoms. The standard InChI is InChI=1S/C23H39N5O2.HI/c1-5-12-25-22(29)17-28-14-10-20(11-15-28)27-23(24-6-2)26-13-9-19-8-7-18(3)21(16-19)30-4;/h7-8,16,20H,5-6,9-15,17H2,1-4H3,(H,25,29)(H2,24,26,27);1H. The third-order valence-corrected chi connectivity index (χ3v) is 5.35. The van der Waals surface area contributed by atoms with Crippen LogP contribution in [0.25, 0.3) is 0 Å². The van der Waals surface area contributed by atoms with Crippen LogP contribution in [0.1, 0.15) is 44.2 Å². The highest BCUT2D eigenvalue weighted by Crippen LogP contribution is 2.19. The summed E-state index contributed by atoms with van der Waals surface area (Å²) in [6.45, 7) is 10.9. The van der Waals surface area contributed by atoms with E-state index in [9.17, 15) is 4.79 Å². The molecule has 0 aliphatic carbocycles. The van der Waals surface area contributed by atoms with E-state index in [2.05, 4.69) is 59.8 Å². The van der Waals surface area contributed by atoms with Crippen LogP contribution >= 0.6 is 24.0 Å². The first kappa shape index (κ1) is 27.5. The highest BCUT2D eigenvalue weighted by Gasteiger charge is 2.21. The van der Waals surface area contributed by atoms with Gasteiger partial charge in [-0.3, -0.25) is 14.7 Å². The fourth-order valence-electron chi connectivity index (χ4n) is 3.59. The lowest BCUT2D eigenvalue weighted by molar-refractivity contribution is -0.122. The van der Waals surface area contributed by atoms with Gasteiger partial charge in [-0.25, -0.2) is 0 Å². The molecule has 1 aliphatic heterocycles. The van der Waals surface area contributed by atoms with Crippen molar-refractivity contribution in [2.75, 3.05) is 46.4 Å². The van der Waals surface area contributed by atoms with Crippen LogP contribution < -0.4 is 20.7 Å². The van der Waals surface area contributed by atoms with Crippen LogP contribution in [0.4, 0.5) is 0 Å². The van der Waals surface area contributed by atoms with E-state index in [0.29, 0.717) is 12.6 Å². The van der Waals surface area contributed by atoms with Gasteiger partial charge in [-0.2, -0.15) is 0 Å². The lowest BCUT2D eigenvalue weighted by atomic mass is 10.1. The molecule has 0 saturated carbocycles. The van der Waals surface area contributed by atoms with E-state index in [4.69, 9.17) is 9.73 Å². The van der Waals surface area contributed by atoms with Crippen LogP contribution in [0.5, 0.6) is 5.75 Å². The summed E-state index contributed by atoms with van der Waals surface area (Å²) in [7, 11) is 1.71. The summed E-state index contributed by atoms with van der Waals surface area (Å²) in [5, 5.41) is 9.87. The highest BCUT2D eigenvalue weighted by atomic mass is 127. The van der Waals surface area contributed by atoms with Crippen molar-refractivity contribution in [3.63, 3.8) is 0 Å². The number of halogens is 1. The smallest absolute Gasteiger partial charge is 0.234 e. The first-order valence-electron chi connectivity index (χ1n) is 11.2. The fraction of sp³-hybridized carbons (Fsp3) is 0.652. The molecule has 0 radical (unpaired) electrons. The Balaban J connectivity index is 0.00000480. The second kappa shape index (κ2) is 15.3. The van der Waals surface area contributed by atoms with E-state index in [1.54, 1.807) is 7.11 Å². The molecule has 2 rings (SSSR count). The Morgan fingerprint density at radius 1 is 1.23 bits per heavy atom. The summed E-state index contributed by atoms with van der Waals surface area (Å²) < 4.78 is 5.41. The summed E-state index contributed by atoms with van der Waals surface area (Å²) in [6, 6.07) is 6.72. The van der Waals surface area contributed by atoms with Gasteiger partial charge in [0.15, 0.2) is 5.96 Å². The Bertz CT molecular complexity index is 691. The third kappa shape index (κ3) is 10.1. The maximum atomic E-state index is 11.9. The number of methoxy groups -OCH3 is 1.